The molecule has 0 aromatic heterocycles. The molecule has 0 saturated heterocycles. The molecule has 0 heterocycles. The zero-order valence-corrected chi connectivity index (χ0v) is 11.9. The molecule has 0 fully saturated rings. The number of carbonyl (C=O) groups excluding carboxylic acids is 2. The molecular formula is C15H22N2O2. The number of amides is 3. The number of hydrogen-bond donors (Lipinski definition) is 1. The molecule has 104 valence electrons. The van der Waals surface area contributed by atoms with Crippen molar-refractivity contribution >= 4 is 17.6 Å². The number of hydrogen-bond acceptors (Lipinski definition) is 2. The van der Waals surface area contributed by atoms with Crippen LogP contribution < -0.4 is 5.32 Å². The van der Waals surface area contributed by atoms with Gasteiger partial charge in [0, 0.05) is 18.7 Å². The number of benzene rings is 1. The minimum atomic E-state index is -0.343. The molecule has 3 amide bonds. The summed E-state index contributed by atoms with van der Waals surface area (Å²) in [5, 5.41) is 2.76. The first-order valence-electron chi connectivity index (χ1n) is 6.76. The van der Waals surface area contributed by atoms with Gasteiger partial charge in [0.1, 0.15) is 0 Å². The Balaban J connectivity index is 2.71. The summed E-state index contributed by atoms with van der Waals surface area (Å²) in [5.41, 5.74) is 1.84. The van der Waals surface area contributed by atoms with Crippen LogP contribution in [0, 0.1) is 6.92 Å². The van der Waals surface area contributed by atoms with Crippen LogP contribution in [0.3, 0.4) is 0 Å². The lowest BCUT2D eigenvalue weighted by Crippen LogP contribution is -2.40. The summed E-state index contributed by atoms with van der Waals surface area (Å²) in [6, 6.07) is 7.18. The van der Waals surface area contributed by atoms with E-state index in [0.29, 0.717) is 18.7 Å². The maximum Gasteiger partial charge on any atom is 0.328 e. The molecule has 0 atom stereocenters. The van der Waals surface area contributed by atoms with E-state index in [-0.39, 0.29) is 11.9 Å². The summed E-state index contributed by atoms with van der Waals surface area (Å²) < 4.78 is 0. The topological polar surface area (TPSA) is 49.4 Å². The Labute approximate surface area is 114 Å². The van der Waals surface area contributed by atoms with Gasteiger partial charge in [-0.2, -0.15) is 0 Å². The smallest absolute Gasteiger partial charge is 0.307 e. The molecule has 0 aliphatic rings. The number of urea groups is 1. The Kier molecular flexibility index (Phi) is 6.06. The van der Waals surface area contributed by atoms with Gasteiger partial charge in [0.2, 0.25) is 5.91 Å². The average molecular weight is 262 g/mol. The third-order valence-electron chi connectivity index (χ3n) is 2.76. The highest BCUT2D eigenvalue weighted by Crippen LogP contribution is 2.10. The number of carbonyl (C=O) groups is 2. The molecular weight excluding hydrogens is 240 g/mol. The van der Waals surface area contributed by atoms with E-state index >= 15 is 0 Å². The van der Waals surface area contributed by atoms with Crippen molar-refractivity contribution < 1.29 is 9.59 Å². The standard InChI is InChI=1S/C15H22N2O2/c1-4-6-14(18)17(11-5-2)15(19)16-13-9-7-12(3)8-10-13/h7-10H,4-6,11H2,1-3H3,(H,16,19). The quantitative estimate of drug-likeness (QED) is 0.882. The second-order valence-corrected chi connectivity index (χ2v) is 4.59. The normalized spacial score (nSPS) is 10.1. The fraction of sp³-hybridized carbons (Fsp3) is 0.467. The predicted octanol–water partition coefficient (Wildman–Crippen LogP) is 3.57. The molecule has 4 nitrogen and oxygen atoms in total. The van der Waals surface area contributed by atoms with Crippen molar-refractivity contribution in [1.82, 2.24) is 4.90 Å². The van der Waals surface area contributed by atoms with Crippen molar-refractivity contribution in [2.24, 2.45) is 0 Å². The maximum atomic E-state index is 12.1. The van der Waals surface area contributed by atoms with Crippen LogP contribution >= 0.6 is 0 Å². The van der Waals surface area contributed by atoms with Gasteiger partial charge in [-0.3, -0.25) is 9.69 Å². The van der Waals surface area contributed by atoms with Gasteiger partial charge < -0.3 is 5.32 Å². The van der Waals surface area contributed by atoms with E-state index in [1.165, 1.54) is 4.90 Å². The molecule has 4 heteroatoms. The lowest BCUT2D eigenvalue weighted by molar-refractivity contribution is -0.128. The Morgan fingerprint density at radius 2 is 1.74 bits per heavy atom. The van der Waals surface area contributed by atoms with E-state index in [1.54, 1.807) is 0 Å². The Morgan fingerprint density at radius 1 is 1.11 bits per heavy atom. The van der Waals surface area contributed by atoms with E-state index in [0.717, 1.165) is 18.4 Å². The zero-order valence-electron chi connectivity index (χ0n) is 11.9. The first-order chi connectivity index (χ1) is 9.08. The molecule has 1 N–H and O–H groups in total. The van der Waals surface area contributed by atoms with Crippen molar-refractivity contribution in [3.8, 4) is 0 Å². The number of imide groups is 1. The molecule has 0 bridgehead atoms. The molecule has 1 aromatic rings. The number of anilines is 1. The first-order valence-corrected chi connectivity index (χ1v) is 6.76. The summed E-state index contributed by atoms with van der Waals surface area (Å²) in [6.45, 7) is 6.32. The monoisotopic (exact) mass is 262 g/mol. The van der Waals surface area contributed by atoms with Crippen LogP contribution in [0.1, 0.15) is 38.7 Å². The molecule has 0 radical (unpaired) electrons. The Morgan fingerprint density at radius 3 is 2.26 bits per heavy atom. The highest BCUT2D eigenvalue weighted by Gasteiger charge is 2.19. The van der Waals surface area contributed by atoms with Crippen LogP contribution in [0.5, 0.6) is 0 Å². The summed E-state index contributed by atoms with van der Waals surface area (Å²) in [5.74, 6) is -0.117. The van der Waals surface area contributed by atoms with Gasteiger partial charge in [-0.05, 0) is 31.9 Å². The minimum Gasteiger partial charge on any atom is -0.307 e. The van der Waals surface area contributed by atoms with Crippen LogP contribution in [0.2, 0.25) is 0 Å². The van der Waals surface area contributed by atoms with Gasteiger partial charge in [-0.25, -0.2) is 4.79 Å². The second-order valence-electron chi connectivity index (χ2n) is 4.59. The Bertz CT molecular complexity index is 426. The first kappa shape index (κ1) is 15.2. The number of aryl methyl sites for hydroxylation is 1. The highest BCUT2D eigenvalue weighted by atomic mass is 16.2. The van der Waals surface area contributed by atoms with Crippen molar-refractivity contribution in [3.05, 3.63) is 29.8 Å². The van der Waals surface area contributed by atoms with E-state index in [1.807, 2.05) is 45.0 Å². The third-order valence-corrected chi connectivity index (χ3v) is 2.76. The van der Waals surface area contributed by atoms with Crippen LogP contribution in [0.15, 0.2) is 24.3 Å². The van der Waals surface area contributed by atoms with Gasteiger partial charge in [0.25, 0.3) is 0 Å². The molecule has 0 unspecified atom stereocenters. The molecule has 1 rings (SSSR count). The lowest BCUT2D eigenvalue weighted by atomic mass is 10.2. The van der Waals surface area contributed by atoms with Crippen LogP contribution in [0.25, 0.3) is 0 Å². The fourth-order valence-corrected chi connectivity index (χ4v) is 1.74. The summed E-state index contributed by atoms with van der Waals surface area (Å²) >= 11 is 0. The zero-order chi connectivity index (χ0) is 14.3. The third kappa shape index (κ3) is 4.73. The molecule has 19 heavy (non-hydrogen) atoms. The molecule has 0 aliphatic carbocycles. The number of nitrogens with one attached hydrogen (secondary N) is 1. The van der Waals surface area contributed by atoms with Crippen molar-refractivity contribution in [2.45, 2.75) is 40.0 Å². The van der Waals surface area contributed by atoms with Crippen molar-refractivity contribution in [1.29, 1.82) is 0 Å². The van der Waals surface area contributed by atoms with Gasteiger partial charge in [0.05, 0.1) is 0 Å². The molecule has 1 aromatic carbocycles. The van der Waals surface area contributed by atoms with Crippen LogP contribution in [0.4, 0.5) is 10.5 Å². The van der Waals surface area contributed by atoms with E-state index in [4.69, 9.17) is 0 Å². The average Bonchev–Trinajstić information content (AvgIpc) is 2.38. The summed E-state index contributed by atoms with van der Waals surface area (Å²) in [4.78, 5) is 25.3. The van der Waals surface area contributed by atoms with E-state index in [2.05, 4.69) is 5.32 Å². The fourth-order valence-electron chi connectivity index (χ4n) is 1.74. The van der Waals surface area contributed by atoms with Gasteiger partial charge in [-0.15, -0.1) is 0 Å². The van der Waals surface area contributed by atoms with Crippen molar-refractivity contribution in [2.75, 3.05) is 11.9 Å². The molecule has 0 saturated carbocycles. The Hall–Kier alpha value is -1.84. The van der Waals surface area contributed by atoms with E-state index in [9.17, 15) is 9.59 Å². The summed E-state index contributed by atoms with van der Waals surface area (Å²) in [7, 11) is 0. The highest BCUT2D eigenvalue weighted by molar-refractivity contribution is 6.01. The van der Waals surface area contributed by atoms with Crippen LogP contribution in [-0.2, 0) is 4.79 Å². The van der Waals surface area contributed by atoms with Gasteiger partial charge in [-0.1, -0.05) is 31.5 Å². The van der Waals surface area contributed by atoms with Gasteiger partial charge in [0.15, 0.2) is 0 Å². The maximum absolute atomic E-state index is 12.1. The lowest BCUT2D eigenvalue weighted by Gasteiger charge is -2.20. The second kappa shape index (κ2) is 7.56. The minimum absolute atomic E-state index is 0.117. The van der Waals surface area contributed by atoms with Crippen molar-refractivity contribution in [3.63, 3.8) is 0 Å². The van der Waals surface area contributed by atoms with E-state index < -0.39 is 0 Å². The van der Waals surface area contributed by atoms with Crippen LogP contribution in [-0.4, -0.2) is 23.4 Å². The van der Waals surface area contributed by atoms with Gasteiger partial charge >= 0.3 is 6.03 Å². The molecule has 0 aliphatic heterocycles. The SMILES string of the molecule is CCCC(=O)N(CCC)C(=O)Nc1ccc(C)cc1. The number of nitrogens with zero attached hydrogens (tertiary/aromatic N) is 1. The number of rotatable bonds is 5. The summed E-state index contributed by atoms with van der Waals surface area (Å²) in [6.07, 6.45) is 1.91. The predicted molar refractivity (Wildman–Crippen MR) is 77.1 cm³/mol. The molecule has 0 spiro atoms. The largest absolute Gasteiger partial charge is 0.328 e.